The molecule has 2 unspecified atom stereocenters. The van der Waals surface area contributed by atoms with Gasteiger partial charge in [-0.05, 0) is 66.1 Å². The molecule has 4 heteroatoms. The highest BCUT2D eigenvalue weighted by Gasteiger charge is 2.33. The molecule has 0 rings (SSSR count). The van der Waals surface area contributed by atoms with Gasteiger partial charge in [-0.1, -0.05) is 20.8 Å². The van der Waals surface area contributed by atoms with E-state index in [1.807, 2.05) is 20.8 Å². The van der Waals surface area contributed by atoms with Crippen molar-refractivity contribution in [3.63, 3.8) is 0 Å². The number of likely N-dealkylation sites (N-methyl/N-ethyl adjacent to an activating group) is 1. The molecule has 0 aromatic carbocycles. The first-order valence-corrected chi connectivity index (χ1v) is 8.39. The van der Waals surface area contributed by atoms with Crippen LogP contribution < -0.4 is 5.32 Å². The van der Waals surface area contributed by atoms with Crippen molar-refractivity contribution in [1.82, 2.24) is 10.2 Å². The summed E-state index contributed by atoms with van der Waals surface area (Å²) < 4.78 is 5.20. The van der Waals surface area contributed by atoms with E-state index in [2.05, 4.69) is 38.0 Å². The summed E-state index contributed by atoms with van der Waals surface area (Å²) in [7, 11) is 2.17. The van der Waals surface area contributed by atoms with Gasteiger partial charge in [0.2, 0.25) is 0 Å². The Balaban J connectivity index is 4.34. The minimum absolute atomic E-state index is 0.135. The van der Waals surface area contributed by atoms with Gasteiger partial charge in [0.15, 0.2) is 0 Å². The van der Waals surface area contributed by atoms with E-state index >= 15 is 0 Å². The number of hydrogen-bond acceptors (Lipinski definition) is 4. The van der Waals surface area contributed by atoms with Gasteiger partial charge in [-0.2, -0.15) is 0 Å². The van der Waals surface area contributed by atoms with Crippen LogP contribution in [0, 0.1) is 5.92 Å². The number of nitrogens with zero attached hydrogens (tertiary/aromatic N) is 1. The topological polar surface area (TPSA) is 41.6 Å². The van der Waals surface area contributed by atoms with Gasteiger partial charge in [-0.15, -0.1) is 0 Å². The van der Waals surface area contributed by atoms with Crippen molar-refractivity contribution in [3.8, 4) is 0 Å². The number of nitrogens with one attached hydrogen (secondary N) is 1. The summed E-state index contributed by atoms with van der Waals surface area (Å²) in [5.74, 6) is 0.582. The maximum atomic E-state index is 12.1. The standard InChI is InChI=1S/C17H36N2O2/c1-8-18-17(6,16(20)21-9-2)11-10-12-19(7)15(5)13-14(3)4/h14-15,18H,8-13H2,1-7H3. The smallest absolute Gasteiger partial charge is 0.326 e. The third kappa shape index (κ3) is 7.82. The normalized spacial score (nSPS) is 16.0. The van der Waals surface area contributed by atoms with Crippen molar-refractivity contribution < 1.29 is 9.53 Å². The third-order valence-corrected chi connectivity index (χ3v) is 4.05. The van der Waals surface area contributed by atoms with Crippen molar-refractivity contribution >= 4 is 5.97 Å². The van der Waals surface area contributed by atoms with Crippen LogP contribution in [0.4, 0.5) is 0 Å². The van der Waals surface area contributed by atoms with Gasteiger partial charge in [0.05, 0.1) is 6.61 Å². The molecular formula is C17H36N2O2. The Morgan fingerprint density at radius 3 is 2.38 bits per heavy atom. The zero-order chi connectivity index (χ0) is 16.5. The van der Waals surface area contributed by atoms with Gasteiger partial charge >= 0.3 is 5.97 Å². The lowest BCUT2D eigenvalue weighted by Crippen LogP contribution is -2.50. The van der Waals surface area contributed by atoms with E-state index in [0.29, 0.717) is 18.6 Å². The van der Waals surface area contributed by atoms with Crippen LogP contribution in [0.5, 0.6) is 0 Å². The molecular weight excluding hydrogens is 264 g/mol. The average molecular weight is 300 g/mol. The first-order chi connectivity index (χ1) is 9.76. The molecule has 0 saturated carbocycles. The zero-order valence-corrected chi connectivity index (χ0v) is 15.2. The van der Waals surface area contributed by atoms with E-state index in [-0.39, 0.29) is 5.97 Å². The number of ether oxygens (including phenoxy) is 1. The van der Waals surface area contributed by atoms with Crippen LogP contribution in [-0.4, -0.2) is 49.2 Å². The lowest BCUT2D eigenvalue weighted by atomic mass is 9.95. The monoisotopic (exact) mass is 300 g/mol. The largest absolute Gasteiger partial charge is 0.465 e. The fourth-order valence-corrected chi connectivity index (χ4v) is 2.71. The second-order valence-corrected chi connectivity index (χ2v) is 6.65. The van der Waals surface area contributed by atoms with Crippen LogP contribution in [0.25, 0.3) is 0 Å². The summed E-state index contributed by atoms with van der Waals surface area (Å²) in [4.78, 5) is 14.5. The molecule has 0 aliphatic rings. The van der Waals surface area contributed by atoms with Crippen LogP contribution in [0.3, 0.4) is 0 Å². The molecule has 2 atom stereocenters. The number of carbonyl (C=O) groups is 1. The molecule has 126 valence electrons. The summed E-state index contributed by atoms with van der Waals surface area (Å²) in [6, 6.07) is 0.581. The molecule has 0 radical (unpaired) electrons. The van der Waals surface area contributed by atoms with E-state index in [0.717, 1.165) is 25.9 Å². The Hall–Kier alpha value is -0.610. The maximum absolute atomic E-state index is 12.1. The Morgan fingerprint density at radius 1 is 1.29 bits per heavy atom. The molecule has 0 aromatic heterocycles. The second-order valence-electron chi connectivity index (χ2n) is 6.65. The van der Waals surface area contributed by atoms with Crippen LogP contribution in [0.1, 0.15) is 60.8 Å². The van der Waals surface area contributed by atoms with Gasteiger partial charge in [-0.3, -0.25) is 4.79 Å². The van der Waals surface area contributed by atoms with Gasteiger partial charge in [0, 0.05) is 6.04 Å². The van der Waals surface area contributed by atoms with E-state index in [9.17, 15) is 4.79 Å². The minimum atomic E-state index is -0.563. The SMILES string of the molecule is CCNC(C)(CCCN(C)C(C)CC(C)C)C(=O)OCC. The number of rotatable bonds is 11. The predicted octanol–water partition coefficient (Wildman–Crippen LogP) is 3.06. The number of carbonyl (C=O) groups excluding carboxylic acids is 1. The van der Waals surface area contributed by atoms with E-state index in [1.165, 1.54) is 6.42 Å². The summed E-state index contributed by atoms with van der Waals surface area (Å²) in [5.41, 5.74) is -0.563. The Morgan fingerprint density at radius 2 is 1.90 bits per heavy atom. The van der Waals surface area contributed by atoms with Crippen molar-refractivity contribution in [2.45, 2.75) is 72.4 Å². The second kappa shape index (κ2) is 10.2. The van der Waals surface area contributed by atoms with E-state index in [1.54, 1.807) is 0 Å². The van der Waals surface area contributed by atoms with Gasteiger partial charge in [0.25, 0.3) is 0 Å². The summed E-state index contributed by atoms with van der Waals surface area (Å²) >= 11 is 0. The van der Waals surface area contributed by atoms with Crippen molar-refractivity contribution in [3.05, 3.63) is 0 Å². The average Bonchev–Trinajstić information content (AvgIpc) is 2.38. The first-order valence-electron chi connectivity index (χ1n) is 8.39. The molecule has 0 bridgehead atoms. The molecule has 0 aromatic rings. The Bertz CT molecular complexity index is 295. The van der Waals surface area contributed by atoms with Gasteiger partial charge in [-0.25, -0.2) is 0 Å². The Kier molecular flexibility index (Phi) is 9.88. The highest BCUT2D eigenvalue weighted by Crippen LogP contribution is 2.16. The van der Waals surface area contributed by atoms with Crippen molar-refractivity contribution in [2.24, 2.45) is 5.92 Å². The first kappa shape index (κ1) is 20.4. The summed E-state index contributed by atoms with van der Waals surface area (Å²) in [6.07, 6.45) is 3.00. The van der Waals surface area contributed by atoms with Crippen LogP contribution in [0.2, 0.25) is 0 Å². The maximum Gasteiger partial charge on any atom is 0.326 e. The molecule has 1 N–H and O–H groups in total. The summed E-state index contributed by atoms with van der Waals surface area (Å²) in [5, 5.41) is 3.29. The molecule has 0 saturated heterocycles. The van der Waals surface area contributed by atoms with E-state index in [4.69, 9.17) is 4.74 Å². The van der Waals surface area contributed by atoms with Crippen molar-refractivity contribution in [2.75, 3.05) is 26.7 Å². The molecule has 21 heavy (non-hydrogen) atoms. The number of esters is 1. The van der Waals surface area contributed by atoms with Crippen LogP contribution >= 0.6 is 0 Å². The molecule has 0 aliphatic heterocycles. The molecule has 0 heterocycles. The fraction of sp³-hybridized carbons (Fsp3) is 0.941. The third-order valence-electron chi connectivity index (χ3n) is 4.05. The van der Waals surface area contributed by atoms with Gasteiger partial charge < -0.3 is 15.0 Å². The molecule has 4 nitrogen and oxygen atoms in total. The lowest BCUT2D eigenvalue weighted by Gasteiger charge is -2.30. The molecule has 0 spiro atoms. The minimum Gasteiger partial charge on any atom is -0.465 e. The highest BCUT2D eigenvalue weighted by atomic mass is 16.5. The van der Waals surface area contributed by atoms with Crippen LogP contribution in [-0.2, 0) is 9.53 Å². The van der Waals surface area contributed by atoms with Gasteiger partial charge in [0.1, 0.15) is 5.54 Å². The zero-order valence-electron chi connectivity index (χ0n) is 15.2. The van der Waals surface area contributed by atoms with Crippen LogP contribution in [0.15, 0.2) is 0 Å². The predicted molar refractivity (Wildman–Crippen MR) is 89.5 cm³/mol. The quantitative estimate of drug-likeness (QED) is 0.595. The van der Waals surface area contributed by atoms with Crippen molar-refractivity contribution in [1.29, 1.82) is 0 Å². The highest BCUT2D eigenvalue weighted by molar-refractivity contribution is 5.80. The number of hydrogen-bond donors (Lipinski definition) is 1. The van der Waals surface area contributed by atoms with E-state index < -0.39 is 5.54 Å². The molecule has 0 amide bonds. The summed E-state index contributed by atoms with van der Waals surface area (Å²) in [6.45, 7) is 14.8. The molecule has 0 fully saturated rings. The lowest BCUT2D eigenvalue weighted by molar-refractivity contribution is -0.150. The molecule has 0 aliphatic carbocycles. The Labute approximate surface area is 131 Å². The fourth-order valence-electron chi connectivity index (χ4n) is 2.71.